The number of amides is 2. The van der Waals surface area contributed by atoms with Gasteiger partial charge in [-0.15, -0.1) is 0 Å². The standard InChI is InChI=1S/C27H22N6O2/c1-28-27(35)31-21-9-2-7-19(15-21)20-8-3-10-22(16-20)33-25-23(11-5-13-30-25)32-24(26(33)34)14-18-6-4-12-29-17-18/h2-13,15-17H,14H2,1H3,(H2,28,31,35). The summed E-state index contributed by atoms with van der Waals surface area (Å²) in [5.41, 5.74) is 5.34. The number of benzene rings is 2. The Morgan fingerprint density at radius 2 is 1.74 bits per heavy atom. The molecule has 0 aliphatic rings. The number of nitrogens with one attached hydrogen (secondary N) is 2. The fourth-order valence-electron chi connectivity index (χ4n) is 3.91. The lowest BCUT2D eigenvalue weighted by molar-refractivity contribution is 0.254. The summed E-state index contributed by atoms with van der Waals surface area (Å²) in [5.74, 6) is 0. The van der Waals surface area contributed by atoms with Crippen LogP contribution in [0.25, 0.3) is 28.0 Å². The first-order valence-corrected chi connectivity index (χ1v) is 11.1. The molecular formula is C27H22N6O2. The monoisotopic (exact) mass is 462 g/mol. The number of nitrogens with zero attached hydrogens (tertiary/aromatic N) is 4. The summed E-state index contributed by atoms with van der Waals surface area (Å²) in [4.78, 5) is 38.6. The molecule has 3 aromatic heterocycles. The number of aromatic nitrogens is 4. The molecule has 0 aliphatic carbocycles. The van der Waals surface area contributed by atoms with Crippen molar-refractivity contribution in [2.24, 2.45) is 0 Å². The van der Waals surface area contributed by atoms with Crippen molar-refractivity contribution in [3.05, 3.63) is 113 Å². The van der Waals surface area contributed by atoms with Gasteiger partial charge in [0.05, 0.1) is 5.69 Å². The maximum atomic E-state index is 13.6. The lowest BCUT2D eigenvalue weighted by Crippen LogP contribution is -2.25. The number of carbonyl (C=O) groups is 1. The van der Waals surface area contributed by atoms with Crippen molar-refractivity contribution >= 4 is 22.9 Å². The number of hydrogen-bond donors (Lipinski definition) is 2. The van der Waals surface area contributed by atoms with E-state index in [0.717, 1.165) is 16.7 Å². The minimum atomic E-state index is -0.294. The van der Waals surface area contributed by atoms with Crippen LogP contribution in [0.2, 0.25) is 0 Å². The highest BCUT2D eigenvalue weighted by molar-refractivity contribution is 5.90. The third-order valence-corrected chi connectivity index (χ3v) is 5.56. The van der Waals surface area contributed by atoms with Gasteiger partial charge in [0, 0.05) is 37.7 Å². The van der Waals surface area contributed by atoms with E-state index in [4.69, 9.17) is 0 Å². The van der Waals surface area contributed by atoms with Crippen molar-refractivity contribution in [1.29, 1.82) is 0 Å². The first kappa shape index (κ1) is 22.0. The van der Waals surface area contributed by atoms with Gasteiger partial charge in [-0.1, -0.05) is 30.3 Å². The highest BCUT2D eigenvalue weighted by atomic mass is 16.2. The zero-order valence-electron chi connectivity index (χ0n) is 19.0. The molecule has 172 valence electrons. The largest absolute Gasteiger partial charge is 0.341 e. The Kier molecular flexibility index (Phi) is 6.00. The van der Waals surface area contributed by atoms with Crippen LogP contribution in [0.5, 0.6) is 0 Å². The zero-order valence-corrected chi connectivity index (χ0v) is 19.0. The Labute approximate surface area is 201 Å². The molecule has 2 aromatic carbocycles. The lowest BCUT2D eigenvalue weighted by Gasteiger charge is -2.13. The quantitative estimate of drug-likeness (QED) is 0.408. The van der Waals surface area contributed by atoms with E-state index in [9.17, 15) is 9.59 Å². The second kappa shape index (κ2) is 9.56. The fourth-order valence-corrected chi connectivity index (χ4v) is 3.91. The van der Waals surface area contributed by atoms with Gasteiger partial charge in [0.15, 0.2) is 5.65 Å². The fraction of sp³-hybridized carbons (Fsp3) is 0.0741. The van der Waals surface area contributed by atoms with E-state index < -0.39 is 0 Å². The molecule has 8 heteroatoms. The van der Waals surface area contributed by atoms with E-state index in [0.29, 0.717) is 34.7 Å². The Morgan fingerprint density at radius 1 is 0.943 bits per heavy atom. The maximum absolute atomic E-state index is 13.6. The molecule has 0 radical (unpaired) electrons. The molecule has 0 aliphatic heterocycles. The Hall–Kier alpha value is -4.85. The van der Waals surface area contributed by atoms with E-state index in [1.807, 2.05) is 66.7 Å². The molecule has 8 nitrogen and oxygen atoms in total. The Bertz CT molecular complexity index is 1580. The van der Waals surface area contributed by atoms with Crippen molar-refractivity contribution in [2.45, 2.75) is 6.42 Å². The summed E-state index contributed by atoms with van der Waals surface area (Å²) in [7, 11) is 1.57. The van der Waals surface area contributed by atoms with Crippen LogP contribution in [0, 0.1) is 0 Å². The first-order chi connectivity index (χ1) is 17.1. The molecule has 5 rings (SSSR count). The van der Waals surface area contributed by atoms with Gasteiger partial charge < -0.3 is 10.6 Å². The Morgan fingerprint density at radius 3 is 2.54 bits per heavy atom. The molecule has 5 aromatic rings. The van der Waals surface area contributed by atoms with E-state index in [1.54, 1.807) is 36.3 Å². The predicted octanol–water partition coefficient (Wildman–Crippen LogP) is 4.18. The number of hydrogen-bond acceptors (Lipinski definition) is 5. The van der Waals surface area contributed by atoms with E-state index in [2.05, 4.69) is 25.6 Å². The first-order valence-electron chi connectivity index (χ1n) is 11.1. The molecular weight excluding hydrogens is 440 g/mol. The molecule has 35 heavy (non-hydrogen) atoms. The average molecular weight is 463 g/mol. The highest BCUT2D eigenvalue weighted by Gasteiger charge is 2.15. The van der Waals surface area contributed by atoms with Crippen LogP contribution in [0.1, 0.15) is 11.3 Å². The SMILES string of the molecule is CNC(=O)Nc1cccc(-c2cccc(-n3c(=O)c(Cc4cccnc4)nc4cccnc43)c2)c1. The molecule has 0 unspecified atom stereocenters. The normalized spacial score (nSPS) is 10.8. The molecule has 0 bridgehead atoms. The number of pyridine rings is 2. The van der Waals surface area contributed by atoms with Crippen molar-refractivity contribution in [1.82, 2.24) is 24.8 Å². The maximum Gasteiger partial charge on any atom is 0.318 e. The molecule has 2 N–H and O–H groups in total. The minimum absolute atomic E-state index is 0.229. The topological polar surface area (TPSA) is 102 Å². The van der Waals surface area contributed by atoms with Gasteiger partial charge in [-0.3, -0.25) is 14.3 Å². The number of fused-ring (bicyclic) bond motifs is 1. The predicted molar refractivity (Wildman–Crippen MR) is 136 cm³/mol. The van der Waals surface area contributed by atoms with E-state index in [-0.39, 0.29) is 11.6 Å². The molecule has 0 atom stereocenters. The van der Waals surface area contributed by atoms with E-state index >= 15 is 0 Å². The Balaban J connectivity index is 1.62. The smallest absolute Gasteiger partial charge is 0.318 e. The summed E-state index contributed by atoms with van der Waals surface area (Å²) in [6.07, 6.45) is 5.45. The van der Waals surface area contributed by atoms with Crippen LogP contribution in [0.15, 0.2) is 96.2 Å². The molecule has 0 spiro atoms. The summed E-state index contributed by atoms with van der Waals surface area (Å²) >= 11 is 0. The summed E-state index contributed by atoms with van der Waals surface area (Å²) in [5, 5.41) is 5.33. The zero-order chi connectivity index (χ0) is 24.2. The summed E-state index contributed by atoms with van der Waals surface area (Å²) < 4.78 is 1.60. The van der Waals surface area contributed by atoms with Gasteiger partial charge in [-0.25, -0.2) is 14.8 Å². The van der Waals surface area contributed by atoms with Crippen molar-refractivity contribution in [2.75, 3.05) is 12.4 Å². The van der Waals surface area contributed by atoms with Crippen LogP contribution in [0.4, 0.5) is 10.5 Å². The third kappa shape index (κ3) is 4.63. The molecule has 0 fully saturated rings. The van der Waals surface area contributed by atoms with Crippen LogP contribution in [0.3, 0.4) is 0 Å². The number of carbonyl (C=O) groups excluding carboxylic acids is 1. The van der Waals surface area contributed by atoms with Gasteiger partial charge in [0.1, 0.15) is 11.2 Å². The summed E-state index contributed by atoms with van der Waals surface area (Å²) in [6, 6.07) is 22.3. The second-order valence-electron chi connectivity index (χ2n) is 7.92. The van der Waals surface area contributed by atoms with Gasteiger partial charge in [0.25, 0.3) is 5.56 Å². The second-order valence-corrected chi connectivity index (χ2v) is 7.92. The van der Waals surface area contributed by atoms with Gasteiger partial charge >= 0.3 is 6.03 Å². The highest BCUT2D eigenvalue weighted by Crippen LogP contribution is 2.25. The van der Waals surface area contributed by atoms with Crippen molar-refractivity contribution in [3.8, 4) is 16.8 Å². The number of anilines is 1. The number of rotatable bonds is 5. The number of urea groups is 1. The molecule has 3 heterocycles. The summed E-state index contributed by atoms with van der Waals surface area (Å²) in [6.45, 7) is 0. The average Bonchev–Trinajstić information content (AvgIpc) is 2.90. The van der Waals surface area contributed by atoms with E-state index in [1.165, 1.54) is 0 Å². The van der Waals surface area contributed by atoms with Crippen molar-refractivity contribution in [3.63, 3.8) is 0 Å². The van der Waals surface area contributed by atoms with Gasteiger partial charge in [-0.2, -0.15) is 0 Å². The minimum Gasteiger partial charge on any atom is -0.341 e. The third-order valence-electron chi connectivity index (χ3n) is 5.56. The van der Waals surface area contributed by atoms with Crippen molar-refractivity contribution < 1.29 is 4.79 Å². The van der Waals surface area contributed by atoms with Crippen LogP contribution in [-0.4, -0.2) is 32.6 Å². The van der Waals surface area contributed by atoms with Gasteiger partial charge in [-0.05, 0) is 59.2 Å². The lowest BCUT2D eigenvalue weighted by atomic mass is 10.0. The van der Waals surface area contributed by atoms with Crippen LogP contribution in [-0.2, 0) is 6.42 Å². The van der Waals surface area contributed by atoms with Gasteiger partial charge in [0.2, 0.25) is 0 Å². The van der Waals surface area contributed by atoms with Crippen LogP contribution < -0.4 is 16.2 Å². The molecule has 0 saturated carbocycles. The molecule has 2 amide bonds. The van der Waals surface area contributed by atoms with Crippen LogP contribution >= 0.6 is 0 Å². The molecule has 0 saturated heterocycles.